The summed E-state index contributed by atoms with van der Waals surface area (Å²) in [5.74, 6) is -0.125. The van der Waals surface area contributed by atoms with Crippen molar-refractivity contribution in [3.8, 4) is 0 Å². The number of furan rings is 1. The Bertz CT molecular complexity index is 745. The quantitative estimate of drug-likeness (QED) is 0.770. The van der Waals surface area contributed by atoms with Gasteiger partial charge < -0.3 is 9.52 Å². The Kier molecular flexibility index (Phi) is 2.64. The van der Waals surface area contributed by atoms with E-state index in [4.69, 9.17) is 4.42 Å². The van der Waals surface area contributed by atoms with Crippen LogP contribution in [-0.4, -0.2) is 14.9 Å². The number of benzene rings is 1. The molecule has 1 unspecified atom stereocenters. The van der Waals surface area contributed by atoms with E-state index in [9.17, 15) is 9.50 Å². The fraction of sp³-hybridized carbons (Fsp3) is 0.214. The molecule has 2 heterocycles. The Morgan fingerprint density at radius 3 is 2.79 bits per heavy atom. The van der Waals surface area contributed by atoms with Crippen LogP contribution in [0.1, 0.15) is 23.3 Å². The van der Waals surface area contributed by atoms with Crippen LogP contribution in [0.25, 0.3) is 11.0 Å². The Labute approximate surface area is 109 Å². The van der Waals surface area contributed by atoms with Crippen molar-refractivity contribution in [3.63, 3.8) is 0 Å². The van der Waals surface area contributed by atoms with E-state index in [0.717, 1.165) is 5.69 Å². The third-order valence-corrected chi connectivity index (χ3v) is 3.10. The second-order valence-electron chi connectivity index (χ2n) is 4.54. The fourth-order valence-corrected chi connectivity index (χ4v) is 2.21. The van der Waals surface area contributed by atoms with E-state index in [1.165, 1.54) is 6.07 Å². The molecule has 0 aliphatic heterocycles. The van der Waals surface area contributed by atoms with Crippen molar-refractivity contribution in [2.45, 2.75) is 13.0 Å². The molecular formula is C14H13FN2O2. The van der Waals surface area contributed by atoms with Crippen LogP contribution >= 0.6 is 0 Å². The number of nitrogens with zero attached hydrogens (tertiary/aromatic N) is 2. The summed E-state index contributed by atoms with van der Waals surface area (Å²) in [7, 11) is 1.74. The molecular weight excluding hydrogens is 247 g/mol. The molecule has 0 bridgehead atoms. The molecule has 4 nitrogen and oxygen atoms in total. The predicted octanol–water partition coefficient (Wildman–Crippen LogP) is 2.70. The highest BCUT2D eigenvalue weighted by atomic mass is 19.1. The zero-order valence-electron chi connectivity index (χ0n) is 10.6. The van der Waals surface area contributed by atoms with Gasteiger partial charge in [-0.05, 0) is 25.1 Å². The van der Waals surface area contributed by atoms with Crippen LogP contribution in [0.2, 0.25) is 0 Å². The van der Waals surface area contributed by atoms with Crippen LogP contribution in [0.5, 0.6) is 0 Å². The third-order valence-electron chi connectivity index (χ3n) is 3.10. The first kappa shape index (κ1) is 11.9. The Morgan fingerprint density at radius 1 is 1.37 bits per heavy atom. The largest absolute Gasteiger partial charge is 0.455 e. The maximum Gasteiger partial charge on any atom is 0.170 e. The van der Waals surface area contributed by atoms with Crippen molar-refractivity contribution < 1.29 is 13.9 Å². The Hall–Kier alpha value is -2.14. The van der Waals surface area contributed by atoms with Crippen molar-refractivity contribution in [2.24, 2.45) is 7.05 Å². The molecule has 3 rings (SSSR count). The van der Waals surface area contributed by atoms with E-state index in [0.29, 0.717) is 16.8 Å². The van der Waals surface area contributed by atoms with E-state index >= 15 is 0 Å². The van der Waals surface area contributed by atoms with Gasteiger partial charge in [-0.25, -0.2) is 4.39 Å². The highest BCUT2D eigenvalue weighted by Crippen LogP contribution is 2.29. The molecule has 0 amide bonds. The molecule has 0 aliphatic carbocycles. The van der Waals surface area contributed by atoms with Gasteiger partial charge in [-0.1, -0.05) is 12.1 Å². The summed E-state index contributed by atoms with van der Waals surface area (Å²) in [6.45, 7) is 1.84. The molecule has 0 aliphatic rings. The van der Waals surface area contributed by atoms with Gasteiger partial charge in [-0.2, -0.15) is 5.10 Å². The predicted molar refractivity (Wildman–Crippen MR) is 68.2 cm³/mol. The average molecular weight is 260 g/mol. The number of hydrogen-bond donors (Lipinski definition) is 1. The minimum atomic E-state index is -0.960. The van der Waals surface area contributed by atoms with Gasteiger partial charge in [0.15, 0.2) is 17.5 Å². The molecule has 5 heteroatoms. The van der Waals surface area contributed by atoms with Crippen molar-refractivity contribution in [1.29, 1.82) is 0 Å². The molecule has 3 aromatic rings. The third kappa shape index (κ3) is 1.92. The summed E-state index contributed by atoms with van der Waals surface area (Å²) in [5.41, 5.74) is 1.58. The lowest BCUT2D eigenvalue weighted by atomic mass is 10.1. The second kappa shape index (κ2) is 4.20. The van der Waals surface area contributed by atoms with Crippen LogP contribution in [0, 0.1) is 12.7 Å². The molecule has 1 N–H and O–H groups in total. The summed E-state index contributed by atoms with van der Waals surface area (Å²) in [4.78, 5) is 0. The van der Waals surface area contributed by atoms with Gasteiger partial charge in [0.2, 0.25) is 0 Å². The maximum atomic E-state index is 13.6. The summed E-state index contributed by atoms with van der Waals surface area (Å²) >= 11 is 0. The zero-order valence-corrected chi connectivity index (χ0v) is 10.6. The number of fused-ring (bicyclic) bond motifs is 1. The number of rotatable bonds is 2. The van der Waals surface area contributed by atoms with Crippen LogP contribution in [0.4, 0.5) is 4.39 Å². The first-order valence-corrected chi connectivity index (χ1v) is 5.93. The molecule has 1 atom stereocenters. The van der Waals surface area contributed by atoms with Gasteiger partial charge in [0, 0.05) is 12.4 Å². The number of aryl methyl sites for hydroxylation is 2. The van der Waals surface area contributed by atoms with E-state index in [1.54, 1.807) is 36.0 Å². The summed E-state index contributed by atoms with van der Waals surface area (Å²) in [6, 6.07) is 8.10. The lowest BCUT2D eigenvalue weighted by Crippen LogP contribution is -2.05. The number of halogens is 1. The summed E-state index contributed by atoms with van der Waals surface area (Å²) in [6.07, 6.45) is -0.960. The van der Waals surface area contributed by atoms with Gasteiger partial charge in [0.1, 0.15) is 5.76 Å². The maximum absolute atomic E-state index is 13.6. The number of aliphatic hydroxyl groups is 1. The lowest BCUT2D eigenvalue weighted by Gasteiger charge is -2.07. The molecule has 0 radical (unpaired) electrons. The molecule has 2 aromatic heterocycles. The summed E-state index contributed by atoms with van der Waals surface area (Å²) in [5, 5.41) is 15.1. The molecule has 0 saturated heterocycles. The van der Waals surface area contributed by atoms with Crippen LogP contribution < -0.4 is 0 Å². The number of aromatic nitrogens is 2. The lowest BCUT2D eigenvalue weighted by molar-refractivity contribution is 0.182. The highest BCUT2D eigenvalue weighted by molar-refractivity contribution is 5.78. The Balaban J connectivity index is 2.09. The molecule has 19 heavy (non-hydrogen) atoms. The summed E-state index contributed by atoms with van der Waals surface area (Å²) < 4.78 is 20.6. The van der Waals surface area contributed by atoms with Gasteiger partial charge in [-0.15, -0.1) is 0 Å². The normalized spacial score (nSPS) is 13.1. The number of para-hydroxylation sites is 1. The van der Waals surface area contributed by atoms with Gasteiger partial charge >= 0.3 is 0 Å². The standard InChI is InChI=1S/C14H13FN2O2/c1-8-6-11(17(2)16-8)13(18)12-7-9-4-3-5-10(15)14(9)19-12/h3-7,13,18H,1-2H3. The molecule has 0 spiro atoms. The number of aliphatic hydroxyl groups excluding tert-OH is 1. The molecule has 1 aromatic carbocycles. The van der Waals surface area contributed by atoms with Crippen LogP contribution in [-0.2, 0) is 7.05 Å². The SMILES string of the molecule is Cc1cc(C(O)c2cc3cccc(F)c3o2)n(C)n1. The van der Waals surface area contributed by atoms with Crippen molar-refractivity contribution in [3.05, 3.63) is 53.3 Å². The van der Waals surface area contributed by atoms with E-state index in [1.807, 2.05) is 6.92 Å². The topological polar surface area (TPSA) is 51.2 Å². The smallest absolute Gasteiger partial charge is 0.170 e. The van der Waals surface area contributed by atoms with Gasteiger partial charge in [0.05, 0.1) is 11.4 Å². The fourth-order valence-electron chi connectivity index (χ4n) is 2.21. The Morgan fingerprint density at radius 2 is 2.16 bits per heavy atom. The minimum absolute atomic E-state index is 0.162. The van der Waals surface area contributed by atoms with Gasteiger partial charge in [-0.3, -0.25) is 4.68 Å². The van der Waals surface area contributed by atoms with Crippen LogP contribution in [0.3, 0.4) is 0 Å². The average Bonchev–Trinajstić information content (AvgIpc) is 2.93. The van der Waals surface area contributed by atoms with Crippen LogP contribution in [0.15, 0.2) is 34.7 Å². The van der Waals surface area contributed by atoms with Crippen molar-refractivity contribution in [2.75, 3.05) is 0 Å². The minimum Gasteiger partial charge on any atom is -0.455 e. The van der Waals surface area contributed by atoms with E-state index in [-0.39, 0.29) is 5.58 Å². The highest BCUT2D eigenvalue weighted by Gasteiger charge is 2.20. The van der Waals surface area contributed by atoms with E-state index in [2.05, 4.69) is 5.10 Å². The number of hydrogen-bond acceptors (Lipinski definition) is 3. The first-order valence-electron chi connectivity index (χ1n) is 5.93. The molecule has 0 saturated carbocycles. The van der Waals surface area contributed by atoms with E-state index < -0.39 is 11.9 Å². The second-order valence-corrected chi connectivity index (χ2v) is 4.54. The zero-order chi connectivity index (χ0) is 13.6. The van der Waals surface area contributed by atoms with Gasteiger partial charge in [0.25, 0.3) is 0 Å². The molecule has 0 fully saturated rings. The van der Waals surface area contributed by atoms with Crippen molar-refractivity contribution in [1.82, 2.24) is 9.78 Å². The first-order chi connectivity index (χ1) is 9.06. The molecule has 98 valence electrons. The van der Waals surface area contributed by atoms with Crippen molar-refractivity contribution >= 4 is 11.0 Å². The monoisotopic (exact) mass is 260 g/mol.